The lowest BCUT2D eigenvalue weighted by Crippen LogP contribution is -2.55. The quantitative estimate of drug-likeness (QED) is 0.679. The lowest BCUT2D eigenvalue weighted by molar-refractivity contribution is 0.0742. The number of aromatic nitrogens is 2. The van der Waals surface area contributed by atoms with Crippen LogP contribution in [0.1, 0.15) is 24.2 Å². The molecule has 7 nitrogen and oxygen atoms in total. The lowest BCUT2D eigenvalue weighted by atomic mass is 9.95. The van der Waals surface area contributed by atoms with E-state index in [1.807, 2.05) is 60.7 Å². The van der Waals surface area contributed by atoms with Crippen molar-refractivity contribution in [1.82, 2.24) is 15.1 Å². The van der Waals surface area contributed by atoms with Crippen molar-refractivity contribution in [2.45, 2.75) is 18.6 Å². The molecule has 1 amide bonds. The van der Waals surface area contributed by atoms with E-state index in [2.05, 4.69) is 10.2 Å². The zero-order valence-electron chi connectivity index (χ0n) is 17.3. The molecule has 1 N–H and O–H groups in total. The van der Waals surface area contributed by atoms with Crippen LogP contribution >= 0.6 is 0 Å². The van der Waals surface area contributed by atoms with Crippen LogP contribution in [0.25, 0.3) is 22.4 Å². The number of rotatable bonds is 3. The fraction of sp³-hybridized carbons (Fsp3) is 0.261. The van der Waals surface area contributed by atoms with Crippen molar-refractivity contribution in [1.29, 1.82) is 0 Å². The number of benzene rings is 2. The van der Waals surface area contributed by atoms with Crippen molar-refractivity contribution in [2.24, 2.45) is 0 Å². The van der Waals surface area contributed by atoms with Crippen LogP contribution in [0.2, 0.25) is 0 Å². The van der Waals surface area contributed by atoms with Gasteiger partial charge in [-0.1, -0.05) is 60.7 Å². The van der Waals surface area contributed by atoms with Gasteiger partial charge >= 0.3 is 0 Å². The number of hydrogen-bond donors (Lipinski definition) is 1. The average Bonchev–Trinajstić information content (AvgIpc) is 2.76. The number of amides is 1. The van der Waals surface area contributed by atoms with E-state index in [9.17, 15) is 18.0 Å². The molecule has 160 valence electrons. The van der Waals surface area contributed by atoms with Gasteiger partial charge in [0.25, 0.3) is 11.5 Å². The number of sulfone groups is 1. The number of nitrogens with one attached hydrogen (secondary N) is 1. The Morgan fingerprint density at radius 3 is 2.16 bits per heavy atom. The van der Waals surface area contributed by atoms with Gasteiger partial charge in [0, 0.05) is 24.2 Å². The van der Waals surface area contributed by atoms with Gasteiger partial charge in [0.1, 0.15) is 5.56 Å². The summed E-state index contributed by atoms with van der Waals surface area (Å²) in [5.41, 5.74) is 1.73. The minimum Gasteiger partial charge on any atom is -0.336 e. The van der Waals surface area contributed by atoms with Crippen LogP contribution in [0.3, 0.4) is 0 Å². The first kappa shape index (κ1) is 21.0. The van der Waals surface area contributed by atoms with Gasteiger partial charge in [-0.3, -0.25) is 9.59 Å². The van der Waals surface area contributed by atoms with Crippen LogP contribution in [0, 0.1) is 0 Å². The number of hydrogen-bond acceptors (Lipinski definition) is 5. The van der Waals surface area contributed by atoms with E-state index in [-0.39, 0.29) is 24.4 Å². The number of nitrogens with zero attached hydrogens (tertiary/aromatic N) is 2. The molecule has 8 heteroatoms. The van der Waals surface area contributed by atoms with Crippen LogP contribution in [-0.4, -0.2) is 53.0 Å². The molecule has 0 spiro atoms. The normalized spacial score (nSPS) is 17.3. The van der Waals surface area contributed by atoms with Crippen molar-refractivity contribution >= 4 is 15.7 Å². The summed E-state index contributed by atoms with van der Waals surface area (Å²) < 4.78 is 23.7. The highest BCUT2D eigenvalue weighted by molar-refractivity contribution is 7.92. The largest absolute Gasteiger partial charge is 0.336 e. The highest BCUT2D eigenvalue weighted by Crippen LogP contribution is 2.33. The Labute approximate surface area is 180 Å². The van der Waals surface area contributed by atoms with Crippen LogP contribution in [0.5, 0.6) is 0 Å². The summed E-state index contributed by atoms with van der Waals surface area (Å²) in [5.74, 6) is -0.635. The molecule has 0 saturated carbocycles. The van der Waals surface area contributed by atoms with Crippen molar-refractivity contribution in [3.63, 3.8) is 0 Å². The van der Waals surface area contributed by atoms with Gasteiger partial charge in [0.05, 0.1) is 16.2 Å². The topological polar surface area (TPSA) is 100 Å². The third kappa shape index (κ3) is 3.79. The maximum atomic E-state index is 13.6. The Morgan fingerprint density at radius 2 is 1.58 bits per heavy atom. The van der Waals surface area contributed by atoms with Crippen LogP contribution in [0.15, 0.2) is 65.5 Å². The molecule has 1 saturated heterocycles. The van der Waals surface area contributed by atoms with E-state index in [0.29, 0.717) is 16.8 Å². The van der Waals surface area contributed by atoms with E-state index >= 15 is 0 Å². The second-order valence-corrected chi connectivity index (χ2v) is 10.9. The molecule has 0 radical (unpaired) electrons. The number of carbonyl (C=O) groups excluding carboxylic acids is 1. The molecule has 1 aliphatic rings. The molecular formula is C23H23N3O4S. The first-order chi connectivity index (χ1) is 14.7. The number of aromatic amines is 1. The summed E-state index contributed by atoms with van der Waals surface area (Å²) >= 11 is 0. The Hall–Kier alpha value is -3.26. The molecule has 2 aromatic carbocycles. The highest BCUT2D eigenvalue weighted by Gasteiger charge is 2.42. The van der Waals surface area contributed by atoms with Gasteiger partial charge in [-0.15, -0.1) is 0 Å². The first-order valence-corrected chi connectivity index (χ1v) is 11.6. The molecule has 0 bridgehead atoms. The molecule has 0 unspecified atom stereocenters. The van der Waals surface area contributed by atoms with E-state index in [4.69, 9.17) is 0 Å². The van der Waals surface area contributed by atoms with E-state index < -0.39 is 26.1 Å². The molecule has 4 rings (SSSR count). The van der Waals surface area contributed by atoms with Gasteiger partial charge in [-0.05, 0) is 19.4 Å². The molecule has 0 aliphatic carbocycles. The predicted molar refractivity (Wildman–Crippen MR) is 119 cm³/mol. The van der Waals surface area contributed by atoms with E-state index in [1.54, 1.807) is 13.8 Å². The molecule has 1 aliphatic heterocycles. The van der Waals surface area contributed by atoms with Gasteiger partial charge in [0.2, 0.25) is 0 Å². The Balaban J connectivity index is 1.90. The maximum absolute atomic E-state index is 13.6. The SMILES string of the molecule is CC1(C)CN(C(=O)c2c(-c3ccccc3)c(-c3ccccc3)n[nH]c2=O)CCS1(=O)=O. The van der Waals surface area contributed by atoms with Gasteiger partial charge in [-0.2, -0.15) is 5.10 Å². The van der Waals surface area contributed by atoms with Crippen LogP contribution < -0.4 is 5.56 Å². The molecule has 1 aromatic heterocycles. The summed E-state index contributed by atoms with van der Waals surface area (Å²) in [7, 11) is -3.33. The Bertz CT molecular complexity index is 1280. The summed E-state index contributed by atoms with van der Waals surface area (Å²) in [4.78, 5) is 27.9. The standard InChI is InChI=1S/C23H23N3O4S/c1-23(2)15-26(13-14-31(23,29)30)22(28)19-18(16-9-5-3-6-10-16)20(24-25-21(19)27)17-11-7-4-8-12-17/h3-12H,13-15H2,1-2H3,(H,25,27). The second kappa shape index (κ2) is 7.77. The Kier molecular flexibility index (Phi) is 5.26. The van der Waals surface area contributed by atoms with E-state index in [0.717, 1.165) is 5.56 Å². The van der Waals surface area contributed by atoms with Gasteiger partial charge in [-0.25, -0.2) is 13.5 Å². The fourth-order valence-electron chi connectivity index (χ4n) is 3.82. The molecular weight excluding hydrogens is 414 g/mol. The number of carbonyl (C=O) groups is 1. The lowest BCUT2D eigenvalue weighted by Gasteiger charge is -2.37. The molecule has 0 atom stereocenters. The zero-order chi connectivity index (χ0) is 22.2. The van der Waals surface area contributed by atoms with Crippen molar-refractivity contribution in [2.75, 3.05) is 18.8 Å². The highest BCUT2D eigenvalue weighted by atomic mass is 32.2. The van der Waals surface area contributed by atoms with E-state index in [1.165, 1.54) is 4.90 Å². The van der Waals surface area contributed by atoms with Gasteiger partial charge in [0.15, 0.2) is 9.84 Å². The van der Waals surface area contributed by atoms with Gasteiger partial charge < -0.3 is 4.90 Å². The zero-order valence-corrected chi connectivity index (χ0v) is 18.1. The Morgan fingerprint density at radius 1 is 1.00 bits per heavy atom. The fourth-order valence-corrected chi connectivity index (χ4v) is 5.19. The maximum Gasteiger partial charge on any atom is 0.277 e. The van der Waals surface area contributed by atoms with Crippen LogP contribution in [-0.2, 0) is 9.84 Å². The first-order valence-electron chi connectivity index (χ1n) is 9.96. The minimum absolute atomic E-state index is 0.0187. The smallest absolute Gasteiger partial charge is 0.277 e. The summed E-state index contributed by atoms with van der Waals surface area (Å²) in [6.07, 6.45) is 0. The second-order valence-electron chi connectivity index (χ2n) is 8.19. The average molecular weight is 438 g/mol. The van der Waals surface area contributed by atoms with Crippen LogP contribution in [0.4, 0.5) is 0 Å². The molecule has 1 fully saturated rings. The minimum atomic E-state index is -3.33. The summed E-state index contributed by atoms with van der Waals surface area (Å²) in [6, 6.07) is 18.5. The number of H-pyrrole nitrogens is 1. The van der Waals surface area contributed by atoms with Crippen molar-refractivity contribution in [3.8, 4) is 22.4 Å². The van der Waals surface area contributed by atoms with Crippen molar-refractivity contribution < 1.29 is 13.2 Å². The monoisotopic (exact) mass is 437 g/mol. The summed E-state index contributed by atoms with van der Waals surface area (Å²) in [5, 5.41) is 6.72. The summed E-state index contributed by atoms with van der Waals surface area (Å²) in [6.45, 7) is 3.27. The molecule has 31 heavy (non-hydrogen) atoms. The third-order valence-corrected chi connectivity index (χ3v) is 8.17. The third-order valence-electron chi connectivity index (χ3n) is 5.64. The predicted octanol–water partition coefficient (Wildman–Crippen LogP) is 2.75. The molecule has 2 heterocycles. The molecule has 3 aromatic rings. The van der Waals surface area contributed by atoms with Crippen molar-refractivity contribution in [3.05, 3.63) is 76.6 Å².